The van der Waals surface area contributed by atoms with Crippen LogP contribution in [-0.4, -0.2) is 6.04 Å². The van der Waals surface area contributed by atoms with E-state index in [1.54, 1.807) is 0 Å². The Bertz CT molecular complexity index is 3980. The molecule has 3 heteroatoms. The zero-order chi connectivity index (χ0) is 45.6. The fraction of sp³-hybridized carbons (Fsp3) is 0.0909. The van der Waals surface area contributed by atoms with Gasteiger partial charge in [-0.1, -0.05) is 190 Å². The Morgan fingerprint density at radius 3 is 1.78 bits per heavy atom. The Hall–Kier alpha value is -8.40. The molecule has 1 aromatic heterocycles. The van der Waals surface area contributed by atoms with Gasteiger partial charge in [0.25, 0.3) is 0 Å². The second-order valence-corrected chi connectivity index (χ2v) is 19.8. The SMILES string of the molecule is CC1(C)C2=C(c3ccccc31)C(N(c1ccc(-c3ccc4c(c3)-c3ccccc3C43c4ccc5ccccc5c4Oc4c3ccc3ccccc43)cc1)c1ccc3oc4ccccc4c3c1)CC=C2. The summed E-state index contributed by atoms with van der Waals surface area (Å²) in [5.74, 6) is 1.87. The molecule has 0 bridgehead atoms. The van der Waals surface area contributed by atoms with Crippen LogP contribution in [0.2, 0.25) is 0 Å². The van der Waals surface area contributed by atoms with Crippen molar-refractivity contribution in [2.75, 3.05) is 4.90 Å². The van der Waals surface area contributed by atoms with Gasteiger partial charge in [-0.05, 0) is 115 Å². The van der Waals surface area contributed by atoms with Gasteiger partial charge in [-0.15, -0.1) is 0 Å². The maximum atomic E-state index is 7.19. The van der Waals surface area contributed by atoms with Gasteiger partial charge in [0, 0.05) is 49.5 Å². The van der Waals surface area contributed by atoms with Gasteiger partial charge in [0.1, 0.15) is 22.7 Å². The minimum Gasteiger partial charge on any atom is -0.456 e. The first-order valence-electron chi connectivity index (χ1n) is 24.3. The lowest BCUT2D eigenvalue weighted by atomic mass is 9.65. The highest BCUT2D eigenvalue weighted by Gasteiger charge is 2.52. The lowest BCUT2D eigenvalue weighted by Crippen LogP contribution is -2.33. The molecule has 1 aliphatic heterocycles. The number of furan rings is 1. The second kappa shape index (κ2) is 14.1. The van der Waals surface area contributed by atoms with Crippen molar-refractivity contribution in [2.24, 2.45) is 0 Å². The van der Waals surface area contributed by atoms with E-state index in [9.17, 15) is 0 Å². The van der Waals surface area contributed by atoms with Crippen molar-refractivity contribution in [1.82, 2.24) is 0 Å². The Morgan fingerprint density at radius 1 is 0.449 bits per heavy atom. The van der Waals surface area contributed by atoms with E-state index >= 15 is 0 Å². The average Bonchev–Trinajstić information content (AvgIpc) is 4.00. The molecule has 4 aliphatic rings. The number of fused-ring (bicyclic) bond motifs is 18. The molecule has 15 rings (SSSR count). The molecule has 0 saturated heterocycles. The molecule has 0 N–H and O–H groups in total. The molecular weight excluding hydrogens is 839 g/mol. The number of allylic oxidation sites excluding steroid dienone is 2. The highest BCUT2D eigenvalue weighted by atomic mass is 16.5. The van der Waals surface area contributed by atoms with Crippen LogP contribution in [0.3, 0.4) is 0 Å². The van der Waals surface area contributed by atoms with Crippen molar-refractivity contribution in [1.29, 1.82) is 0 Å². The molecule has 1 atom stereocenters. The molecule has 10 aromatic carbocycles. The van der Waals surface area contributed by atoms with Crippen LogP contribution in [0.5, 0.6) is 11.5 Å². The van der Waals surface area contributed by atoms with Gasteiger partial charge < -0.3 is 14.1 Å². The van der Waals surface area contributed by atoms with Gasteiger partial charge in [0.15, 0.2) is 0 Å². The van der Waals surface area contributed by atoms with Crippen molar-refractivity contribution in [3.8, 4) is 33.8 Å². The molecule has 11 aromatic rings. The third-order valence-corrected chi connectivity index (χ3v) is 16.1. The Balaban J connectivity index is 0.897. The van der Waals surface area contributed by atoms with Gasteiger partial charge in [-0.25, -0.2) is 0 Å². The smallest absolute Gasteiger partial charge is 0.140 e. The number of nitrogens with zero attached hydrogens (tertiary/aromatic N) is 1. The van der Waals surface area contributed by atoms with E-state index in [0.717, 1.165) is 62.0 Å². The molecule has 1 unspecified atom stereocenters. The number of hydrogen-bond acceptors (Lipinski definition) is 3. The van der Waals surface area contributed by atoms with E-state index in [1.165, 1.54) is 77.6 Å². The lowest BCUT2D eigenvalue weighted by molar-refractivity contribution is 0.447. The number of hydrogen-bond donors (Lipinski definition) is 0. The Labute approximate surface area is 400 Å². The molecule has 3 aliphatic carbocycles. The quantitative estimate of drug-likeness (QED) is 0.176. The number of benzene rings is 10. The van der Waals surface area contributed by atoms with Crippen molar-refractivity contribution >= 4 is 60.4 Å². The molecule has 0 radical (unpaired) electrons. The molecule has 0 fully saturated rings. The molecule has 1 spiro atoms. The first kappa shape index (κ1) is 38.7. The van der Waals surface area contributed by atoms with E-state index in [1.807, 2.05) is 6.07 Å². The summed E-state index contributed by atoms with van der Waals surface area (Å²) in [5, 5.41) is 6.85. The van der Waals surface area contributed by atoms with Crippen LogP contribution in [0.25, 0.3) is 71.3 Å². The van der Waals surface area contributed by atoms with Crippen LogP contribution in [0.1, 0.15) is 53.6 Å². The summed E-state index contributed by atoms with van der Waals surface area (Å²) >= 11 is 0. The summed E-state index contributed by atoms with van der Waals surface area (Å²) in [4.78, 5) is 2.58. The van der Waals surface area contributed by atoms with E-state index < -0.39 is 5.41 Å². The maximum absolute atomic E-state index is 7.19. The predicted octanol–water partition coefficient (Wildman–Crippen LogP) is 17.2. The van der Waals surface area contributed by atoms with Crippen LogP contribution in [0, 0.1) is 0 Å². The van der Waals surface area contributed by atoms with Crippen molar-refractivity contribution in [2.45, 2.75) is 37.1 Å². The summed E-state index contributed by atoms with van der Waals surface area (Å²) in [6, 6.07) is 76.2. The molecule has 2 heterocycles. The van der Waals surface area contributed by atoms with Crippen molar-refractivity contribution in [3.63, 3.8) is 0 Å². The van der Waals surface area contributed by atoms with E-state index in [-0.39, 0.29) is 11.5 Å². The lowest BCUT2D eigenvalue weighted by Gasteiger charge is -2.40. The monoisotopic (exact) mass is 883 g/mol. The first-order chi connectivity index (χ1) is 34.0. The van der Waals surface area contributed by atoms with Gasteiger partial charge in [0.05, 0.1) is 11.5 Å². The third kappa shape index (κ3) is 5.22. The minimum absolute atomic E-state index is 0.0848. The van der Waals surface area contributed by atoms with E-state index in [0.29, 0.717) is 0 Å². The van der Waals surface area contributed by atoms with Crippen LogP contribution in [-0.2, 0) is 10.8 Å². The fourth-order valence-corrected chi connectivity index (χ4v) is 13.0. The summed E-state index contributed by atoms with van der Waals surface area (Å²) in [6.07, 6.45) is 5.67. The summed E-state index contributed by atoms with van der Waals surface area (Å²) in [7, 11) is 0. The van der Waals surface area contributed by atoms with Gasteiger partial charge in [0.2, 0.25) is 0 Å². The number of rotatable bonds is 4. The number of ether oxygens (including phenoxy) is 1. The second-order valence-electron chi connectivity index (χ2n) is 19.8. The number of anilines is 2. The van der Waals surface area contributed by atoms with Gasteiger partial charge in [-0.3, -0.25) is 0 Å². The van der Waals surface area contributed by atoms with E-state index in [4.69, 9.17) is 9.15 Å². The Morgan fingerprint density at radius 2 is 1.03 bits per heavy atom. The minimum atomic E-state index is -0.581. The normalized spacial score (nSPS) is 16.6. The molecular formula is C66H45NO2. The predicted molar refractivity (Wildman–Crippen MR) is 284 cm³/mol. The first-order valence-corrected chi connectivity index (χ1v) is 24.3. The van der Waals surface area contributed by atoms with Gasteiger partial charge in [-0.2, -0.15) is 0 Å². The summed E-state index contributed by atoms with van der Waals surface area (Å²) in [5.41, 5.74) is 18.8. The highest BCUT2D eigenvalue weighted by Crippen LogP contribution is 2.64. The maximum Gasteiger partial charge on any atom is 0.140 e. The molecule has 3 nitrogen and oxygen atoms in total. The molecule has 69 heavy (non-hydrogen) atoms. The molecule has 0 saturated carbocycles. The number of para-hydroxylation sites is 1. The average molecular weight is 884 g/mol. The third-order valence-electron chi connectivity index (χ3n) is 16.1. The topological polar surface area (TPSA) is 25.6 Å². The largest absolute Gasteiger partial charge is 0.456 e. The van der Waals surface area contributed by atoms with Crippen molar-refractivity contribution < 1.29 is 9.15 Å². The van der Waals surface area contributed by atoms with Crippen LogP contribution >= 0.6 is 0 Å². The zero-order valence-corrected chi connectivity index (χ0v) is 38.3. The van der Waals surface area contributed by atoms with Crippen LogP contribution < -0.4 is 9.64 Å². The zero-order valence-electron chi connectivity index (χ0n) is 38.3. The fourth-order valence-electron chi connectivity index (χ4n) is 13.0. The van der Waals surface area contributed by atoms with Crippen LogP contribution in [0.15, 0.2) is 228 Å². The Kier molecular flexibility index (Phi) is 7.89. The highest BCUT2D eigenvalue weighted by molar-refractivity contribution is 6.07. The van der Waals surface area contributed by atoms with Gasteiger partial charge >= 0.3 is 0 Å². The standard InChI is InChI=1S/C66H45NO2/c1-65(2)53-21-10-8-20-50(53)62-56(65)23-13-24-59(62)67(45-33-37-61-52(39-45)49-19-9-12-25-60(49)68-61)44-31-26-40(27-32-44)43-30-34-55-51(38-43)48-18-7-11-22-54(48)66(55)57-35-28-41-14-3-5-16-46(41)63(57)69-64-47-17-6-4-15-42(47)29-36-58(64)66/h3-23,25-39,59H,24H2,1-2H3. The molecule has 0 amide bonds. The molecule has 326 valence electrons. The summed E-state index contributed by atoms with van der Waals surface area (Å²) in [6.45, 7) is 4.76. The van der Waals surface area contributed by atoms with Crippen molar-refractivity contribution in [3.05, 3.63) is 257 Å². The van der Waals surface area contributed by atoms with Crippen LogP contribution in [0.4, 0.5) is 11.4 Å². The van der Waals surface area contributed by atoms with E-state index in [2.05, 4.69) is 231 Å². The summed E-state index contributed by atoms with van der Waals surface area (Å²) < 4.78 is 13.6.